The van der Waals surface area contributed by atoms with Crippen LogP contribution in [0.2, 0.25) is 5.15 Å². The van der Waals surface area contributed by atoms with Gasteiger partial charge in [-0.05, 0) is 104 Å². The van der Waals surface area contributed by atoms with Crippen molar-refractivity contribution in [1.82, 2.24) is 39.0 Å². The Labute approximate surface area is 384 Å². The number of hydrogen-bond acceptors (Lipinski definition) is 10. The first-order valence-corrected chi connectivity index (χ1v) is 25.2. The summed E-state index contributed by atoms with van der Waals surface area (Å²) in [6.45, 7) is 1.97. The molecule has 2 aromatic carbocycles. The SMILES string of the molecule is Cc1ccc(Cc2cc3c(=O)n([C@H]4CCCC[C@@H]4O)cnc3c3ccncc23)cn1.O=c1c2cc(Cc3ccc(Cl)nc3)c3cnccc3c2ncn1[C@H]1CCCC[C@@H]1O.[CH3-].[Cl][Zn+]. The molecule has 0 bridgehead atoms. The molecule has 0 saturated heterocycles. The van der Waals surface area contributed by atoms with Crippen molar-refractivity contribution in [2.24, 2.45) is 0 Å². The zero-order chi connectivity index (χ0) is 43.3. The fourth-order valence-electron chi connectivity index (χ4n) is 9.02. The number of benzene rings is 2. The van der Waals surface area contributed by atoms with Crippen molar-refractivity contribution in [2.75, 3.05) is 0 Å². The Kier molecular flexibility index (Phi) is 15.1. The third-order valence-corrected chi connectivity index (χ3v) is 12.4. The Hall–Kier alpha value is -5.04. The van der Waals surface area contributed by atoms with Gasteiger partial charge in [0.25, 0.3) is 11.1 Å². The van der Waals surface area contributed by atoms with E-state index in [2.05, 4.69) is 36.0 Å². The quantitative estimate of drug-likeness (QED) is 0.0713. The normalized spacial score (nSPS) is 18.6. The Bertz CT molecular complexity index is 2780. The van der Waals surface area contributed by atoms with Crippen LogP contribution in [0.4, 0.5) is 0 Å². The van der Waals surface area contributed by atoms with Gasteiger partial charge in [-0.25, -0.2) is 15.0 Å². The Balaban J connectivity index is 0.000000179. The Morgan fingerprint density at radius 2 is 1.06 bits per heavy atom. The van der Waals surface area contributed by atoms with E-state index in [1.165, 1.54) is 0 Å². The second kappa shape index (κ2) is 20.6. The van der Waals surface area contributed by atoms with Crippen molar-refractivity contribution in [2.45, 2.75) is 95.4 Å². The average molecular weight is 937 g/mol. The van der Waals surface area contributed by atoms with E-state index in [0.29, 0.717) is 46.2 Å². The van der Waals surface area contributed by atoms with E-state index >= 15 is 0 Å². The summed E-state index contributed by atoms with van der Waals surface area (Å²) >= 11 is 6.76. The van der Waals surface area contributed by atoms with E-state index in [1.807, 2.05) is 61.9 Å². The first kappa shape index (κ1) is 46.0. The maximum atomic E-state index is 13.5. The zero-order valence-corrected chi connectivity index (χ0v) is 39.8. The summed E-state index contributed by atoms with van der Waals surface area (Å²) in [5.41, 5.74) is 6.21. The number of rotatable bonds is 6. The van der Waals surface area contributed by atoms with Crippen LogP contribution in [-0.2, 0) is 30.2 Å². The van der Waals surface area contributed by atoms with E-state index in [4.69, 9.17) is 21.3 Å². The molecule has 320 valence electrons. The average Bonchev–Trinajstić information content (AvgIpc) is 3.30. The predicted molar refractivity (Wildman–Crippen MR) is 246 cm³/mol. The van der Waals surface area contributed by atoms with E-state index in [-0.39, 0.29) is 30.6 Å². The summed E-state index contributed by atoms with van der Waals surface area (Å²) in [4.78, 5) is 53.3. The number of aryl methyl sites for hydroxylation is 1. The molecule has 10 rings (SSSR count). The Morgan fingerprint density at radius 3 is 1.49 bits per heavy atom. The van der Waals surface area contributed by atoms with Crippen molar-refractivity contribution < 1.29 is 27.5 Å². The zero-order valence-electron chi connectivity index (χ0n) is 35.4. The van der Waals surface area contributed by atoms with Gasteiger partial charge < -0.3 is 17.6 Å². The van der Waals surface area contributed by atoms with Gasteiger partial charge >= 0.3 is 27.0 Å². The number of halogens is 2. The van der Waals surface area contributed by atoms with Gasteiger partial charge in [-0.3, -0.25) is 33.7 Å². The number of aromatic nitrogens is 8. The molecule has 2 aliphatic rings. The van der Waals surface area contributed by atoms with Crippen molar-refractivity contribution in [3.05, 3.63) is 160 Å². The van der Waals surface area contributed by atoms with E-state index in [9.17, 15) is 19.8 Å². The van der Waals surface area contributed by atoms with E-state index in [1.54, 1.807) is 46.4 Å². The molecule has 2 saturated carbocycles. The minimum absolute atomic E-state index is 0. The molecule has 0 spiro atoms. The summed E-state index contributed by atoms with van der Waals surface area (Å²) < 4.78 is 3.25. The van der Waals surface area contributed by atoms with E-state index in [0.717, 1.165) is 112 Å². The van der Waals surface area contributed by atoms with Gasteiger partial charge in [0.1, 0.15) is 5.15 Å². The topological polar surface area (TPSA) is 162 Å². The molecule has 0 radical (unpaired) electrons. The molecule has 12 nitrogen and oxygen atoms in total. The molecule has 0 aliphatic heterocycles. The number of nitrogens with zero attached hydrogens (tertiary/aromatic N) is 8. The molecular weight excluding hydrogens is 889 g/mol. The number of fused-ring (bicyclic) bond motifs is 6. The first-order valence-electron chi connectivity index (χ1n) is 20.9. The molecular formula is C48H48Cl2N8O4Zn. The molecule has 15 heteroatoms. The van der Waals surface area contributed by atoms with Crippen LogP contribution in [0.25, 0.3) is 43.4 Å². The van der Waals surface area contributed by atoms with Gasteiger partial charge in [0, 0.05) is 64.4 Å². The van der Waals surface area contributed by atoms with Gasteiger partial charge in [-0.2, -0.15) is 0 Å². The molecule has 8 aromatic rings. The standard InChI is InChI=1S/C24H24N4O2.C23H21ClN4O2.CH3.ClH.Zn/c1-15-6-7-16(12-26-15)10-17-11-19-23(18-8-9-25-13-20(17)18)27-14-28(24(19)30)21-4-2-3-5-22(21)29;24-21-6-5-14(11-26-21)9-15-10-17-22(16-7-8-25-12-18(15)16)27-13-28(23(17)30)19-3-1-2-4-20(19)29;;;/h6-9,11-14,21-22,29H,2-5,10H2,1H3;5-8,10-13,19-20,29H,1-4,9H2;1H3;1H;/q;;-1;;+2/p-1/t21-,22-;19-,20-;;;/m00.../s1. The van der Waals surface area contributed by atoms with Crippen LogP contribution in [-0.4, -0.2) is 61.5 Å². The molecule has 0 amide bonds. The summed E-state index contributed by atoms with van der Waals surface area (Å²) in [6.07, 6.45) is 21.2. The third-order valence-electron chi connectivity index (χ3n) is 12.2. The molecule has 2 aliphatic carbocycles. The second-order valence-corrected chi connectivity index (χ2v) is 16.5. The van der Waals surface area contributed by atoms with Crippen molar-refractivity contribution in [1.29, 1.82) is 0 Å². The molecule has 6 aromatic heterocycles. The van der Waals surface area contributed by atoms with Gasteiger partial charge in [-0.15, -0.1) is 0 Å². The molecule has 6 heterocycles. The monoisotopic (exact) mass is 934 g/mol. The fraction of sp³-hybridized carbons (Fsp3) is 0.312. The minimum atomic E-state index is -0.514. The van der Waals surface area contributed by atoms with Crippen molar-refractivity contribution in [3.8, 4) is 0 Å². The summed E-state index contributed by atoms with van der Waals surface area (Å²) in [7, 11) is 4.76. The summed E-state index contributed by atoms with van der Waals surface area (Å²) in [6, 6.07) is 15.0. The van der Waals surface area contributed by atoms with Crippen LogP contribution in [0.15, 0.2) is 108 Å². The van der Waals surface area contributed by atoms with Crippen LogP contribution < -0.4 is 11.1 Å². The van der Waals surface area contributed by atoms with Crippen LogP contribution in [0, 0.1) is 14.4 Å². The predicted octanol–water partition coefficient (Wildman–Crippen LogP) is 8.91. The number of aliphatic hydroxyl groups is 2. The van der Waals surface area contributed by atoms with Gasteiger partial charge in [-0.1, -0.05) is 49.4 Å². The molecule has 0 unspecified atom stereocenters. The van der Waals surface area contributed by atoms with Crippen molar-refractivity contribution >= 4 is 64.6 Å². The molecule has 2 fully saturated rings. The van der Waals surface area contributed by atoms with Crippen molar-refractivity contribution in [3.63, 3.8) is 0 Å². The molecule has 63 heavy (non-hydrogen) atoms. The van der Waals surface area contributed by atoms with Gasteiger partial charge in [0.05, 0.1) is 58.8 Å². The van der Waals surface area contributed by atoms with E-state index < -0.39 is 12.2 Å². The Morgan fingerprint density at radius 1 is 0.603 bits per heavy atom. The molecule has 2 N–H and O–H groups in total. The van der Waals surface area contributed by atoms with Gasteiger partial charge in [0.15, 0.2) is 0 Å². The third kappa shape index (κ3) is 9.73. The first-order chi connectivity index (χ1) is 30.2. The van der Waals surface area contributed by atoms with Gasteiger partial charge in [0.2, 0.25) is 0 Å². The number of hydrogen-bond donors (Lipinski definition) is 2. The summed E-state index contributed by atoms with van der Waals surface area (Å²) in [5, 5.41) is 26.3. The summed E-state index contributed by atoms with van der Waals surface area (Å²) in [5.74, 6) is 0. The maximum absolute atomic E-state index is 13.5. The number of aliphatic hydroxyl groups excluding tert-OH is 2. The van der Waals surface area contributed by atoms with Crippen LogP contribution in [0.3, 0.4) is 0 Å². The van der Waals surface area contributed by atoms with Crippen LogP contribution in [0.1, 0.15) is 91.4 Å². The van der Waals surface area contributed by atoms with Crippen LogP contribution >= 0.6 is 21.3 Å². The van der Waals surface area contributed by atoms with Crippen LogP contribution in [0.5, 0.6) is 0 Å². The fourth-order valence-corrected chi connectivity index (χ4v) is 9.13. The number of pyridine rings is 4. The molecule has 4 atom stereocenters. The second-order valence-electron chi connectivity index (χ2n) is 16.1.